The van der Waals surface area contributed by atoms with Crippen LogP contribution in [0.1, 0.15) is 5.69 Å². The molecule has 4 nitrogen and oxygen atoms in total. The summed E-state index contributed by atoms with van der Waals surface area (Å²) < 4.78 is 5.46. The van der Waals surface area contributed by atoms with Crippen molar-refractivity contribution >= 4 is 17.3 Å². The Bertz CT molecular complexity index is 481. The number of aromatic nitrogens is 1. The van der Waals surface area contributed by atoms with Gasteiger partial charge in [0.25, 0.3) is 5.19 Å². The van der Waals surface area contributed by atoms with Crippen molar-refractivity contribution in [2.24, 2.45) is 0 Å². The van der Waals surface area contributed by atoms with Crippen LogP contribution in [0.5, 0.6) is 10.9 Å². The number of ether oxygens (including phenoxy) is 1. The van der Waals surface area contributed by atoms with Gasteiger partial charge in [0, 0.05) is 5.38 Å². The molecule has 2 aromatic rings. The van der Waals surface area contributed by atoms with E-state index in [1.807, 2.05) is 30.3 Å². The summed E-state index contributed by atoms with van der Waals surface area (Å²) in [5, 5.41) is 10.7. The van der Waals surface area contributed by atoms with Gasteiger partial charge < -0.3 is 9.84 Å². The van der Waals surface area contributed by atoms with E-state index in [0.717, 1.165) is 0 Å². The topological polar surface area (TPSA) is 59.4 Å². The van der Waals surface area contributed by atoms with Crippen molar-refractivity contribution in [2.75, 3.05) is 0 Å². The fraction of sp³-hybridized carbons (Fsp3) is 0.0909. The average Bonchev–Trinajstić information content (AvgIpc) is 2.66. The fourth-order valence-corrected chi connectivity index (χ4v) is 1.85. The van der Waals surface area contributed by atoms with Crippen molar-refractivity contribution in [3.05, 3.63) is 41.4 Å². The molecule has 1 aromatic heterocycles. The molecule has 1 N–H and O–H groups in total. The lowest BCUT2D eigenvalue weighted by atomic mass is 10.3. The van der Waals surface area contributed by atoms with Crippen LogP contribution in [-0.4, -0.2) is 16.1 Å². The number of carboxylic acid groups (broad SMARTS) is 1. The van der Waals surface area contributed by atoms with Crippen molar-refractivity contribution in [1.29, 1.82) is 0 Å². The summed E-state index contributed by atoms with van der Waals surface area (Å²) in [5.74, 6) is -0.199. The Morgan fingerprint density at radius 3 is 2.81 bits per heavy atom. The van der Waals surface area contributed by atoms with E-state index in [2.05, 4.69) is 4.98 Å². The van der Waals surface area contributed by atoms with E-state index in [0.29, 0.717) is 16.6 Å². The van der Waals surface area contributed by atoms with Crippen molar-refractivity contribution in [3.63, 3.8) is 0 Å². The molecule has 0 aliphatic heterocycles. The third-order valence-corrected chi connectivity index (χ3v) is 2.58. The predicted molar refractivity (Wildman–Crippen MR) is 60.0 cm³/mol. The number of hydrogen-bond acceptors (Lipinski definition) is 4. The van der Waals surface area contributed by atoms with Crippen LogP contribution in [0.2, 0.25) is 0 Å². The molecule has 0 unspecified atom stereocenters. The molecule has 0 aliphatic rings. The summed E-state index contributed by atoms with van der Waals surface area (Å²) in [5.41, 5.74) is 0.517. The predicted octanol–water partition coefficient (Wildman–Crippen LogP) is 2.56. The largest absolute Gasteiger partial charge is 0.481 e. The maximum atomic E-state index is 10.5. The first-order valence-electron chi connectivity index (χ1n) is 4.63. The van der Waals surface area contributed by atoms with Crippen molar-refractivity contribution < 1.29 is 14.6 Å². The zero-order valence-electron chi connectivity index (χ0n) is 8.29. The van der Waals surface area contributed by atoms with E-state index < -0.39 is 5.97 Å². The Kier molecular flexibility index (Phi) is 3.16. The van der Waals surface area contributed by atoms with Crippen LogP contribution in [0, 0.1) is 0 Å². The van der Waals surface area contributed by atoms with Gasteiger partial charge in [-0.05, 0) is 12.1 Å². The van der Waals surface area contributed by atoms with Gasteiger partial charge in [-0.3, -0.25) is 4.79 Å². The Hall–Kier alpha value is -1.88. The minimum absolute atomic E-state index is 0.0748. The Balaban J connectivity index is 2.06. The summed E-state index contributed by atoms with van der Waals surface area (Å²) in [7, 11) is 0. The lowest BCUT2D eigenvalue weighted by Crippen LogP contribution is -1.99. The van der Waals surface area contributed by atoms with Gasteiger partial charge >= 0.3 is 5.97 Å². The van der Waals surface area contributed by atoms with Gasteiger partial charge in [-0.2, -0.15) is 0 Å². The monoisotopic (exact) mass is 235 g/mol. The molecule has 2 rings (SSSR count). The molecular formula is C11H9NO3S. The molecule has 0 radical (unpaired) electrons. The molecule has 0 atom stereocenters. The number of para-hydroxylation sites is 1. The first-order valence-corrected chi connectivity index (χ1v) is 5.51. The highest BCUT2D eigenvalue weighted by molar-refractivity contribution is 7.11. The van der Waals surface area contributed by atoms with Crippen LogP contribution in [0.15, 0.2) is 35.7 Å². The summed E-state index contributed by atoms with van der Waals surface area (Å²) >= 11 is 1.29. The second kappa shape index (κ2) is 4.76. The van der Waals surface area contributed by atoms with Gasteiger partial charge in [-0.25, -0.2) is 4.98 Å². The summed E-state index contributed by atoms with van der Waals surface area (Å²) in [6.07, 6.45) is -0.0748. The molecule has 5 heteroatoms. The van der Waals surface area contributed by atoms with Crippen LogP contribution >= 0.6 is 11.3 Å². The van der Waals surface area contributed by atoms with E-state index in [1.54, 1.807) is 5.38 Å². The van der Waals surface area contributed by atoms with Crippen molar-refractivity contribution in [2.45, 2.75) is 6.42 Å². The maximum Gasteiger partial charge on any atom is 0.309 e. The third kappa shape index (κ3) is 2.80. The SMILES string of the molecule is O=C(O)Cc1csc(Oc2ccccc2)n1. The van der Waals surface area contributed by atoms with E-state index in [-0.39, 0.29) is 6.42 Å². The third-order valence-electron chi connectivity index (χ3n) is 1.81. The number of nitrogens with zero attached hydrogens (tertiary/aromatic N) is 1. The zero-order valence-corrected chi connectivity index (χ0v) is 9.11. The Labute approximate surface area is 96.1 Å². The Morgan fingerprint density at radius 2 is 2.12 bits per heavy atom. The molecule has 0 fully saturated rings. The van der Waals surface area contributed by atoms with Crippen LogP contribution < -0.4 is 4.74 Å². The fourth-order valence-electron chi connectivity index (χ4n) is 1.16. The van der Waals surface area contributed by atoms with Crippen LogP contribution in [0.25, 0.3) is 0 Å². The lowest BCUT2D eigenvalue weighted by molar-refractivity contribution is -0.136. The molecule has 16 heavy (non-hydrogen) atoms. The highest BCUT2D eigenvalue weighted by Crippen LogP contribution is 2.24. The number of carboxylic acids is 1. The molecule has 0 saturated carbocycles. The molecule has 0 spiro atoms. The highest BCUT2D eigenvalue weighted by atomic mass is 32.1. The molecule has 0 amide bonds. The number of rotatable bonds is 4. The highest BCUT2D eigenvalue weighted by Gasteiger charge is 2.07. The van der Waals surface area contributed by atoms with Gasteiger partial charge in [-0.15, -0.1) is 0 Å². The van der Waals surface area contributed by atoms with Gasteiger partial charge in [0.2, 0.25) is 0 Å². The lowest BCUT2D eigenvalue weighted by Gasteiger charge is -1.99. The smallest absolute Gasteiger partial charge is 0.309 e. The van der Waals surface area contributed by atoms with Gasteiger partial charge in [0.1, 0.15) is 5.75 Å². The van der Waals surface area contributed by atoms with E-state index in [9.17, 15) is 4.79 Å². The van der Waals surface area contributed by atoms with E-state index >= 15 is 0 Å². The van der Waals surface area contributed by atoms with E-state index in [1.165, 1.54) is 11.3 Å². The standard InChI is InChI=1S/C11H9NO3S/c13-10(14)6-8-7-16-11(12-8)15-9-4-2-1-3-5-9/h1-5,7H,6H2,(H,13,14). The molecule has 1 aromatic carbocycles. The maximum absolute atomic E-state index is 10.5. The first kappa shape index (κ1) is 10.6. The normalized spacial score (nSPS) is 10.0. The number of thiazole rings is 1. The molecule has 0 aliphatic carbocycles. The molecule has 1 heterocycles. The van der Waals surface area contributed by atoms with Crippen LogP contribution in [0.4, 0.5) is 0 Å². The second-order valence-electron chi connectivity index (χ2n) is 3.09. The molecule has 0 saturated heterocycles. The zero-order chi connectivity index (χ0) is 11.4. The number of hydrogen-bond donors (Lipinski definition) is 1. The van der Waals surface area contributed by atoms with Crippen LogP contribution in [-0.2, 0) is 11.2 Å². The average molecular weight is 235 g/mol. The van der Waals surface area contributed by atoms with E-state index in [4.69, 9.17) is 9.84 Å². The quantitative estimate of drug-likeness (QED) is 0.884. The second-order valence-corrected chi connectivity index (χ2v) is 3.91. The van der Waals surface area contributed by atoms with Gasteiger partial charge in [-0.1, -0.05) is 29.5 Å². The summed E-state index contributed by atoms with van der Waals surface area (Å²) in [4.78, 5) is 14.5. The molecule has 82 valence electrons. The van der Waals surface area contributed by atoms with Gasteiger partial charge in [0.05, 0.1) is 12.1 Å². The number of carbonyl (C=O) groups is 1. The summed E-state index contributed by atoms with van der Waals surface area (Å²) in [6.45, 7) is 0. The Morgan fingerprint density at radius 1 is 1.38 bits per heavy atom. The summed E-state index contributed by atoms with van der Waals surface area (Å²) in [6, 6.07) is 9.25. The number of aliphatic carboxylic acids is 1. The number of benzene rings is 1. The van der Waals surface area contributed by atoms with Crippen molar-refractivity contribution in [1.82, 2.24) is 4.98 Å². The van der Waals surface area contributed by atoms with Gasteiger partial charge in [0.15, 0.2) is 0 Å². The van der Waals surface area contributed by atoms with Crippen LogP contribution in [0.3, 0.4) is 0 Å². The minimum Gasteiger partial charge on any atom is -0.481 e. The molecule has 0 bridgehead atoms. The molecular weight excluding hydrogens is 226 g/mol. The minimum atomic E-state index is -0.892. The first-order chi connectivity index (χ1) is 7.74. The van der Waals surface area contributed by atoms with Crippen molar-refractivity contribution in [3.8, 4) is 10.9 Å².